The van der Waals surface area contributed by atoms with Crippen LogP contribution in [0.2, 0.25) is 0 Å². The lowest BCUT2D eigenvalue weighted by molar-refractivity contribution is -0.0468. The largest absolute Gasteiger partial charge is 0.345 e. The lowest BCUT2D eigenvalue weighted by Gasteiger charge is -2.11. The van der Waals surface area contributed by atoms with Gasteiger partial charge in [-0.15, -0.1) is 0 Å². The quantitative estimate of drug-likeness (QED) is 0.781. The summed E-state index contributed by atoms with van der Waals surface area (Å²) in [5, 5.41) is 4.16. The molecule has 1 aliphatic rings. The van der Waals surface area contributed by atoms with Crippen molar-refractivity contribution in [2.75, 3.05) is 13.2 Å². The Morgan fingerprint density at radius 3 is 2.94 bits per heavy atom. The molecule has 1 radical (unpaired) electrons. The van der Waals surface area contributed by atoms with Crippen molar-refractivity contribution in [3.05, 3.63) is 36.4 Å². The molecule has 0 N–H and O–H groups in total. The van der Waals surface area contributed by atoms with Gasteiger partial charge in [0.15, 0.2) is 0 Å². The predicted molar refractivity (Wildman–Crippen MR) is 59.9 cm³/mol. The van der Waals surface area contributed by atoms with Crippen LogP contribution in [0.25, 0.3) is 11.1 Å². The molecular formula is C12H12N3O2. The van der Waals surface area contributed by atoms with Crippen LogP contribution in [0, 0.1) is 6.20 Å². The molecule has 3 rings (SSSR count). The Morgan fingerprint density at radius 1 is 1.41 bits per heavy atom. The van der Waals surface area contributed by atoms with Gasteiger partial charge >= 0.3 is 0 Å². The molecular weight excluding hydrogens is 218 g/mol. The highest BCUT2D eigenvalue weighted by Crippen LogP contribution is 2.30. The molecule has 17 heavy (non-hydrogen) atoms. The molecule has 2 aromatic rings. The third-order valence-corrected chi connectivity index (χ3v) is 2.65. The van der Waals surface area contributed by atoms with Crippen LogP contribution < -0.4 is 0 Å². The number of ether oxygens (including phenoxy) is 2. The summed E-state index contributed by atoms with van der Waals surface area (Å²) in [6.07, 6.45) is 6.17. The zero-order valence-corrected chi connectivity index (χ0v) is 9.46. The highest BCUT2D eigenvalue weighted by molar-refractivity contribution is 5.64. The SMILES string of the molecule is Cn1cc(-c2cc[c]nc2C2OCCO2)cn1. The molecule has 0 bridgehead atoms. The number of hydrogen-bond acceptors (Lipinski definition) is 4. The van der Waals surface area contributed by atoms with Gasteiger partial charge in [-0.3, -0.25) is 4.68 Å². The summed E-state index contributed by atoms with van der Waals surface area (Å²) in [4.78, 5) is 4.23. The number of rotatable bonds is 2. The molecule has 0 saturated carbocycles. The van der Waals surface area contributed by atoms with Crippen LogP contribution in [-0.4, -0.2) is 28.0 Å². The van der Waals surface area contributed by atoms with E-state index in [4.69, 9.17) is 9.47 Å². The van der Waals surface area contributed by atoms with Crippen LogP contribution in [0.15, 0.2) is 24.5 Å². The van der Waals surface area contributed by atoms with Crippen molar-refractivity contribution >= 4 is 0 Å². The van der Waals surface area contributed by atoms with E-state index in [-0.39, 0.29) is 6.29 Å². The number of aryl methyl sites for hydroxylation is 1. The molecule has 1 saturated heterocycles. The standard InChI is InChI=1S/C12H12N3O2/c1-15-8-9(7-14-15)10-3-2-4-13-11(10)12-16-5-6-17-12/h2-3,7-8,12H,5-6H2,1H3. The van der Waals surface area contributed by atoms with Crippen molar-refractivity contribution in [3.8, 4) is 11.1 Å². The molecule has 0 unspecified atom stereocenters. The third-order valence-electron chi connectivity index (χ3n) is 2.65. The molecule has 5 nitrogen and oxygen atoms in total. The average molecular weight is 230 g/mol. The first kappa shape index (κ1) is 10.4. The Kier molecular flexibility index (Phi) is 2.62. The van der Waals surface area contributed by atoms with E-state index in [9.17, 15) is 0 Å². The summed E-state index contributed by atoms with van der Waals surface area (Å²) >= 11 is 0. The minimum absolute atomic E-state index is 0.386. The fraction of sp³-hybridized carbons (Fsp3) is 0.333. The molecule has 0 aromatic carbocycles. The van der Waals surface area contributed by atoms with Crippen molar-refractivity contribution in [1.29, 1.82) is 0 Å². The van der Waals surface area contributed by atoms with Crippen molar-refractivity contribution in [2.24, 2.45) is 7.05 Å². The highest BCUT2D eigenvalue weighted by atomic mass is 16.7. The molecule has 0 atom stereocenters. The van der Waals surface area contributed by atoms with Gasteiger partial charge in [0.1, 0.15) is 5.69 Å². The van der Waals surface area contributed by atoms with E-state index in [1.807, 2.05) is 19.3 Å². The minimum atomic E-state index is -0.386. The van der Waals surface area contributed by atoms with Crippen LogP contribution >= 0.6 is 0 Å². The lowest BCUT2D eigenvalue weighted by atomic mass is 10.1. The smallest absolute Gasteiger partial charge is 0.201 e. The van der Waals surface area contributed by atoms with Crippen molar-refractivity contribution in [1.82, 2.24) is 14.8 Å². The minimum Gasteiger partial charge on any atom is -0.345 e. The molecule has 0 spiro atoms. The summed E-state index contributed by atoms with van der Waals surface area (Å²) in [6, 6.07) is 3.73. The van der Waals surface area contributed by atoms with Crippen molar-refractivity contribution in [2.45, 2.75) is 6.29 Å². The molecule has 1 aliphatic heterocycles. The van der Waals surface area contributed by atoms with E-state index in [0.29, 0.717) is 13.2 Å². The first-order valence-corrected chi connectivity index (χ1v) is 5.44. The molecule has 0 amide bonds. The molecule has 0 aliphatic carbocycles. The maximum absolute atomic E-state index is 5.48. The summed E-state index contributed by atoms with van der Waals surface area (Å²) in [5.74, 6) is 0. The second-order valence-electron chi connectivity index (χ2n) is 3.85. The fourth-order valence-corrected chi connectivity index (χ4v) is 1.87. The van der Waals surface area contributed by atoms with Gasteiger partial charge in [-0.1, -0.05) is 6.07 Å². The molecule has 5 heteroatoms. The van der Waals surface area contributed by atoms with Gasteiger partial charge < -0.3 is 9.47 Å². The first-order chi connectivity index (χ1) is 8.34. The van der Waals surface area contributed by atoms with E-state index in [1.54, 1.807) is 16.9 Å². The maximum Gasteiger partial charge on any atom is 0.201 e. The Hall–Kier alpha value is -1.72. The zero-order chi connectivity index (χ0) is 11.7. The summed E-state index contributed by atoms with van der Waals surface area (Å²) < 4.78 is 12.7. The summed E-state index contributed by atoms with van der Waals surface area (Å²) in [6.45, 7) is 1.21. The fourth-order valence-electron chi connectivity index (χ4n) is 1.87. The maximum atomic E-state index is 5.48. The van der Waals surface area contributed by atoms with Gasteiger partial charge in [-0.25, -0.2) is 4.98 Å². The zero-order valence-electron chi connectivity index (χ0n) is 9.46. The van der Waals surface area contributed by atoms with E-state index < -0.39 is 0 Å². The average Bonchev–Trinajstić information content (AvgIpc) is 3.00. The first-order valence-electron chi connectivity index (χ1n) is 5.44. The van der Waals surface area contributed by atoms with Crippen LogP contribution in [-0.2, 0) is 16.5 Å². The third kappa shape index (κ3) is 1.94. The van der Waals surface area contributed by atoms with Gasteiger partial charge in [0.25, 0.3) is 0 Å². The van der Waals surface area contributed by atoms with Gasteiger partial charge in [0.05, 0.1) is 25.6 Å². The normalized spacial score (nSPS) is 16.5. The van der Waals surface area contributed by atoms with Crippen LogP contribution in [0.1, 0.15) is 12.0 Å². The van der Waals surface area contributed by atoms with E-state index in [0.717, 1.165) is 16.8 Å². The molecule has 3 heterocycles. The van der Waals surface area contributed by atoms with E-state index >= 15 is 0 Å². The Morgan fingerprint density at radius 2 is 2.24 bits per heavy atom. The number of aromatic nitrogens is 3. The van der Waals surface area contributed by atoms with Gasteiger partial charge in [-0.2, -0.15) is 5.10 Å². The summed E-state index contributed by atoms with van der Waals surface area (Å²) in [7, 11) is 1.88. The molecule has 87 valence electrons. The number of pyridine rings is 1. The van der Waals surface area contributed by atoms with E-state index in [2.05, 4.69) is 16.3 Å². The van der Waals surface area contributed by atoms with Gasteiger partial charge in [0.2, 0.25) is 6.29 Å². The van der Waals surface area contributed by atoms with Gasteiger partial charge in [-0.05, 0) is 6.07 Å². The van der Waals surface area contributed by atoms with Crippen molar-refractivity contribution < 1.29 is 9.47 Å². The Balaban J connectivity index is 2.03. The highest BCUT2D eigenvalue weighted by Gasteiger charge is 2.23. The molecule has 1 fully saturated rings. The van der Waals surface area contributed by atoms with E-state index in [1.165, 1.54) is 0 Å². The van der Waals surface area contributed by atoms with Crippen LogP contribution in [0.3, 0.4) is 0 Å². The Labute approximate surface area is 99.0 Å². The second-order valence-corrected chi connectivity index (χ2v) is 3.85. The number of nitrogens with zero attached hydrogens (tertiary/aromatic N) is 3. The second kappa shape index (κ2) is 4.27. The number of hydrogen-bond donors (Lipinski definition) is 0. The van der Waals surface area contributed by atoms with Crippen LogP contribution in [0.5, 0.6) is 0 Å². The van der Waals surface area contributed by atoms with Crippen molar-refractivity contribution in [3.63, 3.8) is 0 Å². The summed E-state index contributed by atoms with van der Waals surface area (Å²) in [5.41, 5.74) is 2.74. The monoisotopic (exact) mass is 230 g/mol. The Bertz CT molecular complexity index is 518. The topological polar surface area (TPSA) is 49.2 Å². The predicted octanol–water partition coefficient (Wildman–Crippen LogP) is 1.33. The van der Waals surface area contributed by atoms with Gasteiger partial charge in [0, 0.05) is 24.4 Å². The lowest BCUT2D eigenvalue weighted by Crippen LogP contribution is -2.03. The van der Waals surface area contributed by atoms with Crippen LogP contribution in [0.4, 0.5) is 0 Å². The molecule has 2 aromatic heterocycles.